The maximum Gasteiger partial charge on any atom is 0.229 e. The van der Waals surface area contributed by atoms with Crippen molar-refractivity contribution in [2.45, 2.75) is 24.7 Å². The van der Waals surface area contributed by atoms with Crippen LogP contribution in [0.3, 0.4) is 0 Å². The van der Waals surface area contributed by atoms with E-state index in [2.05, 4.69) is 35.9 Å². The van der Waals surface area contributed by atoms with E-state index in [1.54, 1.807) is 23.1 Å². The van der Waals surface area contributed by atoms with Crippen molar-refractivity contribution in [3.63, 3.8) is 0 Å². The van der Waals surface area contributed by atoms with E-state index in [0.717, 1.165) is 11.4 Å². The van der Waals surface area contributed by atoms with Crippen molar-refractivity contribution >= 4 is 29.1 Å². The summed E-state index contributed by atoms with van der Waals surface area (Å²) in [5, 5.41) is 27.9. The molecule has 32 heavy (non-hydrogen) atoms. The average molecular weight is 454 g/mol. The van der Waals surface area contributed by atoms with Gasteiger partial charge in [-0.15, -0.1) is 5.10 Å². The van der Waals surface area contributed by atoms with Gasteiger partial charge in [-0.25, -0.2) is 4.98 Å². The summed E-state index contributed by atoms with van der Waals surface area (Å²) in [5.74, 6) is 1.06. The average Bonchev–Trinajstić information content (AvgIpc) is 3.50. The molecule has 0 aromatic carbocycles. The number of nitrogens with one attached hydrogen (secondary N) is 2. The van der Waals surface area contributed by atoms with E-state index in [1.807, 2.05) is 25.4 Å². The van der Waals surface area contributed by atoms with Crippen molar-refractivity contribution in [1.82, 2.24) is 29.9 Å². The Balaban J connectivity index is 1.24. The Labute approximate surface area is 188 Å². The molecule has 5 heterocycles. The van der Waals surface area contributed by atoms with E-state index < -0.39 is 0 Å². The number of nitriles is 1. The quantitative estimate of drug-likeness (QED) is 0.567. The number of hydrogen-bond donors (Lipinski definition) is 2. The number of hydrogen-bond acceptors (Lipinski definition) is 10. The lowest BCUT2D eigenvalue weighted by molar-refractivity contribution is 0.0631. The summed E-state index contributed by atoms with van der Waals surface area (Å²) in [6.07, 6.45) is 5.52. The molecule has 2 N–H and O–H groups in total. The van der Waals surface area contributed by atoms with Crippen LogP contribution in [0.2, 0.25) is 5.02 Å². The molecule has 0 spiro atoms. The van der Waals surface area contributed by atoms with Gasteiger partial charge in [0.15, 0.2) is 11.5 Å². The van der Waals surface area contributed by atoms with E-state index in [0.29, 0.717) is 42.1 Å². The van der Waals surface area contributed by atoms with Crippen molar-refractivity contribution in [2.75, 3.05) is 23.8 Å². The monoisotopic (exact) mass is 453 g/mol. The fourth-order valence-corrected chi connectivity index (χ4v) is 4.14. The third-order valence-corrected chi connectivity index (χ3v) is 5.77. The van der Waals surface area contributed by atoms with E-state index in [1.165, 1.54) is 0 Å². The third kappa shape index (κ3) is 4.20. The zero-order valence-electron chi connectivity index (χ0n) is 17.1. The molecule has 4 atom stereocenters. The van der Waals surface area contributed by atoms with Crippen LogP contribution in [0.1, 0.15) is 11.4 Å². The van der Waals surface area contributed by atoms with Gasteiger partial charge in [0.05, 0.1) is 49.1 Å². The molecule has 11 nitrogen and oxygen atoms in total. The van der Waals surface area contributed by atoms with Gasteiger partial charge in [-0.3, -0.25) is 4.68 Å². The molecule has 12 heteroatoms. The lowest BCUT2D eigenvalue weighted by atomic mass is 9.95. The second kappa shape index (κ2) is 8.66. The molecule has 2 aliphatic heterocycles. The normalized spacial score (nSPS) is 24.2. The van der Waals surface area contributed by atoms with Crippen LogP contribution < -0.4 is 10.6 Å². The SMILES string of the molecule is Cn1cc(Nc2ncc(Cl)c(NC3COC4C(Cc5ccc(C#N)nn5)COC34)n2)cn1. The molecule has 0 radical (unpaired) electrons. The minimum Gasteiger partial charge on any atom is -0.373 e. The van der Waals surface area contributed by atoms with Crippen LogP contribution in [0.25, 0.3) is 0 Å². The van der Waals surface area contributed by atoms with Gasteiger partial charge in [-0.1, -0.05) is 11.6 Å². The predicted octanol–water partition coefficient (Wildman–Crippen LogP) is 1.71. The molecule has 2 fully saturated rings. The summed E-state index contributed by atoms with van der Waals surface area (Å²) < 4.78 is 13.8. The molecule has 2 aliphatic rings. The molecular formula is C20H20ClN9O2. The molecule has 2 saturated heterocycles. The van der Waals surface area contributed by atoms with Gasteiger partial charge in [-0.2, -0.15) is 20.4 Å². The number of nitrogens with zero attached hydrogens (tertiary/aromatic N) is 7. The zero-order chi connectivity index (χ0) is 22.1. The van der Waals surface area contributed by atoms with Crippen LogP contribution in [0.4, 0.5) is 17.5 Å². The first-order valence-corrected chi connectivity index (χ1v) is 10.5. The highest BCUT2D eigenvalue weighted by atomic mass is 35.5. The number of ether oxygens (including phenoxy) is 2. The van der Waals surface area contributed by atoms with E-state index >= 15 is 0 Å². The van der Waals surface area contributed by atoms with Gasteiger partial charge in [0, 0.05) is 19.2 Å². The topological polar surface area (TPSA) is 136 Å². The molecule has 0 aliphatic carbocycles. The first-order chi connectivity index (χ1) is 15.6. The second-order valence-corrected chi connectivity index (χ2v) is 8.16. The van der Waals surface area contributed by atoms with Crippen LogP contribution in [0.5, 0.6) is 0 Å². The number of aromatic nitrogens is 6. The summed E-state index contributed by atoms with van der Waals surface area (Å²) in [5.41, 5.74) is 1.89. The minimum absolute atomic E-state index is 0.0708. The highest BCUT2D eigenvalue weighted by Gasteiger charge is 2.47. The molecule has 3 aromatic heterocycles. The second-order valence-electron chi connectivity index (χ2n) is 7.75. The Morgan fingerprint density at radius 3 is 2.84 bits per heavy atom. The van der Waals surface area contributed by atoms with Gasteiger partial charge in [0.25, 0.3) is 0 Å². The largest absolute Gasteiger partial charge is 0.373 e. The maximum atomic E-state index is 8.87. The molecule has 3 aromatic rings. The maximum absolute atomic E-state index is 8.87. The van der Waals surface area contributed by atoms with E-state index in [9.17, 15) is 0 Å². The molecular weight excluding hydrogens is 434 g/mol. The fourth-order valence-electron chi connectivity index (χ4n) is 3.99. The zero-order valence-corrected chi connectivity index (χ0v) is 17.9. The number of rotatable bonds is 6. The molecule has 5 rings (SSSR count). The van der Waals surface area contributed by atoms with Gasteiger partial charge in [0.2, 0.25) is 5.95 Å². The summed E-state index contributed by atoms with van der Waals surface area (Å²) in [6.45, 7) is 1.02. The summed E-state index contributed by atoms with van der Waals surface area (Å²) >= 11 is 6.33. The van der Waals surface area contributed by atoms with Gasteiger partial charge < -0.3 is 20.1 Å². The van der Waals surface area contributed by atoms with Crippen LogP contribution in [0.15, 0.2) is 30.7 Å². The Hall–Kier alpha value is -3.33. The van der Waals surface area contributed by atoms with Crippen LogP contribution in [-0.4, -0.2) is 61.4 Å². The third-order valence-electron chi connectivity index (χ3n) is 5.49. The van der Waals surface area contributed by atoms with Crippen LogP contribution in [-0.2, 0) is 22.9 Å². The smallest absolute Gasteiger partial charge is 0.229 e. The van der Waals surface area contributed by atoms with Crippen molar-refractivity contribution in [3.8, 4) is 6.07 Å². The fraction of sp³-hybridized carbons (Fsp3) is 0.400. The molecule has 0 amide bonds. The van der Waals surface area contributed by atoms with Crippen molar-refractivity contribution in [2.24, 2.45) is 13.0 Å². The Morgan fingerprint density at radius 1 is 1.22 bits per heavy atom. The Bertz CT molecular complexity index is 1150. The van der Waals surface area contributed by atoms with Gasteiger partial charge in [0.1, 0.15) is 17.2 Å². The van der Waals surface area contributed by atoms with Crippen LogP contribution in [0, 0.1) is 17.2 Å². The predicted molar refractivity (Wildman–Crippen MR) is 114 cm³/mol. The highest BCUT2D eigenvalue weighted by molar-refractivity contribution is 6.32. The number of aryl methyl sites for hydroxylation is 1. The number of anilines is 3. The first-order valence-electron chi connectivity index (χ1n) is 10.1. The standard InChI is InChI=1S/C20H20ClN9O2/c1-30-8-14(6-24-30)25-20-23-7-15(21)19(27-20)26-16-10-32-17-11(9-31-18(16)17)4-12-2-3-13(5-22)29-28-12/h2-3,6-8,11,16-18H,4,9-10H2,1H3,(H2,23,25,26,27). The first kappa shape index (κ1) is 20.6. The van der Waals surface area contributed by atoms with Gasteiger partial charge in [-0.05, 0) is 18.6 Å². The Morgan fingerprint density at radius 2 is 2.09 bits per heavy atom. The molecule has 164 valence electrons. The Kier molecular flexibility index (Phi) is 5.57. The van der Waals surface area contributed by atoms with Crippen LogP contribution >= 0.6 is 11.6 Å². The summed E-state index contributed by atoms with van der Waals surface area (Å²) in [4.78, 5) is 8.73. The highest BCUT2D eigenvalue weighted by Crippen LogP contribution is 2.35. The lowest BCUT2D eigenvalue weighted by Gasteiger charge is -2.19. The van der Waals surface area contributed by atoms with E-state index in [-0.39, 0.29) is 24.2 Å². The van der Waals surface area contributed by atoms with Crippen molar-refractivity contribution in [1.29, 1.82) is 5.26 Å². The van der Waals surface area contributed by atoms with Crippen molar-refractivity contribution < 1.29 is 9.47 Å². The molecule has 0 saturated carbocycles. The van der Waals surface area contributed by atoms with E-state index in [4.69, 9.17) is 26.3 Å². The summed E-state index contributed by atoms with van der Waals surface area (Å²) in [7, 11) is 1.83. The molecule has 0 bridgehead atoms. The number of fused-ring (bicyclic) bond motifs is 1. The minimum atomic E-state index is -0.132. The van der Waals surface area contributed by atoms with Gasteiger partial charge >= 0.3 is 0 Å². The summed E-state index contributed by atoms with van der Waals surface area (Å²) in [6, 6.07) is 5.37. The lowest BCUT2D eigenvalue weighted by Crippen LogP contribution is -2.35. The van der Waals surface area contributed by atoms with Crippen molar-refractivity contribution in [3.05, 3.63) is 47.1 Å². The molecule has 4 unspecified atom stereocenters. The number of halogens is 1.